The molecule has 4 heteroatoms. The number of benzene rings is 2. The molecule has 0 spiro atoms. The SMILES string of the molecule is C=CCN1C[C@H](C)N(C(c2ccccc2)c2ccc(C(=O)N(CC)CC)cc2)C[C@H]1C. The highest BCUT2D eigenvalue weighted by Gasteiger charge is 2.34. The van der Waals surface area contributed by atoms with Crippen LogP contribution in [0.3, 0.4) is 0 Å². The van der Waals surface area contributed by atoms with Crippen molar-refractivity contribution < 1.29 is 4.79 Å². The summed E-state index contributed by atoms with van der Waals surface area (Å²) in [6.07, 6.45) is 2.00. The summed E-state index contributed by atoms with van der Waals surface area (Å²) in [6.45, 7) is 17.0. The van der Waals surface area contributed by atoms with Gasteiger partial charge in [-0.05, 0) is 51.0 Å². The lowest BCUT2D eigenvalue weighted by molar-refractivity contribution is 0.0306. The number of nitrogens with zero attached hydrogens (tertiary/aromatic N) is 3. The Balaban J connectivity index is 1.92. The molecular formula is C27H37N3O. The fourth-order valence-corrected chi connectivity index (χ4v) is 4.72. The third kappa shape index (κ3) is 5.25. The van der Waals surface area contributed by atoms with E-state index in [1.54, 1.807) is 0 Å². The lowest BCUT2D eigenvalue weighted by Gasteiger charge is -2.47. The summed E-state index contributed by atoms with van der Waals surface area (Å²) in [4.78, 5) is 19.7. The van der Waals surface area contributed by atoms with Crippen LogP contribution >= 0.6 is 0 Å². The molecule has 4 nitrogen and oxygen atoms in total. The van der Waals surface area contributed by atoms with Gasteiger partial charge in [0, 0.05) is 50.4 Å². The van der Waals surface area contributed by atoms with Gasteiger partial charge in [-0.1, -0.05) is 48.5 Å². The molecule has 3 rings (SSSR count). The van der Waals surface area contributed by atoms with Crippen LogP contribution in [0.15, 0.2) is 67.3 Å². The van der Waals surface area contributed by atoms with E-state index in [0.29, 0.717) is 12.1 Å². The number of carbonyl (C=O) groups excluding carboxylic acids is 1. The van der Waals surface area contributed by atoms with Crippen molar-refractivity contribution >= 4 is 5.91 Å². The number of carbonyl (C=O) groups is 1. The van der Waals surface area contributed by atoms with E-state index in [2.05, 4.69) is 72.7 Å². The van der Waals surface area contributed by atoms with Crippen molar-refractivity contribution in [3.05, 3.63) is 83.9 Å². The molecule has 2 aromatic carbocycles. The van der Waals surface area contributed by atoms with Crippen molar-refractivity contribution in [1.82, 2.24) is 14.7 Å². The van der Waals surface area contributed by atoms with E-state index in [9.17, 15) is 4.79 Å². The number of amides is 1. The predicted molar refractivity (Wildman–Crippen MR) is 129 cm³/mol. The van der Waals surface area contributed by atoms with E-state index >= 15 is 0 Å². The Kier molecular flexibility index (Phi) is 8.05. The lowest BCUT2D eigenvalue weighted by atomic mass is 9.93. The van der Waals surface area contributed by atoms with Crippen LogP contribution in [0, 0.1) is 0 Å². The average Bonchev–Trinajstić information content (AvgIpc) is 2.79. The van der Waals surface area contributed by atoms with Crippen LogP contribution in [0.4, 0.5) is 0 Å². The number of rotatable bonds is 8. The maximum Gasteiger partial charge on any atom is 0.253 e. The normalized spacial score (nSPS) is 20.9. The minimum atomic E-state index is 0.104. The van der Waals surface area contributed by atoms with E-state index in [1.807, 2.05) is 37.0 Å². The number of hydrogen-bond acceptors (Lipinski definition) is 3. The molecule has 1 aliphatic rings. The predicted octanol–water partition coefficient (Wildman–Crippen LogP) is 4.84. The Morgan fingerprint density at radius 1 is 1.00 bits per heavy atom. The highest BCUT2D eigenvalue weighted by atomic mass is 16.2. The van der Waals surface area contributed by atoms with Gasteiger partial charge in [0.2, 0.25) is 0 Å². The molecule has 1 fully saturated rings. The second kappa shape index (κ2) is 10.7. The molecule has 31 heavy (non-hydrogen) atoms. The van der Waals surface area contributed by atoms with Gasteiger partial charge in [0.05, 0.1) is 6.04 Å². The average molecular weight is 420 g/mol. The molecule has 0 radical (unpaired) electrons. The van der Waals surface area contributed by atoms with Crippen LogP contribution in [-0.4, -0.2) is 65.4 Å². The third-order valence-corrected chi connectivity index (χ3v) is 6.50. The van der Waals surface area contributed by atoms with Gasteiger partial charge in [-0.15, -0.1) is 6.58 Å². The Bertz CT molecular complexity index is 845. The zero-order valence-corrected chi connectivity index (χ0v) is 19.5. The number of piperazine rings is 1. The van der Waals surface area contributed by atoms with Crippen LogP contribution in [-0.2, 0) is 0 Å². The van der Waals surface area contributed by atoms with Crippen molar-refractivity contribution in [3.63, 3.8) is 0 Å². The molecule has 166 valence electrons. The van der Waals surface area contributed by atoms with Crippen LogP contribution < -0.4 is 0 Å². The molecule has 0 bridgehead atoms. The molecule has 1 unspecified atom stereocenters. The van der Waals surface area contributed by atoms with Crippen molar-refractivity contribution in [1.29, 1.82) is 0 Å². The van der Waals surface area contributed by atoms with E-state index in [1.165, 1.54) is 11.1 Å². The van der Waals surface area contributed by atoms with Crippen molar-refractivity contribution in [3.8, 4) is 0 Å². The first-order valence-corrected chi connectivity index (χ1v) is 11.5. The van der Waals surface area contributed by atoms with Gasteiger partial charge >= 0.3 is 0 Å². The van der Waals surface area contributed by atoms with Gasteiger partial charge in [-0.3, -0.25) is 14.6 Å². The molecule has 0 aromatic heterocycles. The summed E-state index contributed by atoms with van der Waals surface area (Å²) in [6, 6.07) is 20.0. The summed E-state index contributed by atoms with van der Waals surface area (Å²) in [7, 11) is 0. The minimum Gasteiger partial charge on any atom is -0.339 e. The number of hydrogen-bond donors (Lipinski definition) is 0. The van der Waals surface area contributed by atoms with Crippen LogP contribution in [0.1, 0.15) is 55.2 Å². The van der Waals surface area contributed by atoms with Crippen LogP contribution in [0.2, 0.25) is 0 Å². The van der Waals surface area contributed by atoms with Gasteiger partial charge in [0.1, 0.15) is 0 Å². The molecule has 0 aliphatic carbocycles. The van der Waals surface area contributed by atoms with Crippen molar-refractivity contribution in [2.45, 2.75) is 45.8 Å². The molecule has 3 atom stereocenters. The Hall–Kier alpha value is -2.43. The summed E-state index contributed by atoms with van der Waals surface area (Å²) in [5.74, 6) is 0.104. The van der Waals surface area contributed by atoms with E-state index < -0.39 is 0 Å². The van der Waals surface area contributed by atoms with Crippen LogP contribution in [0.5, 0.6) is 0 Å². The molecule has 0 N–H and O–H groups in total. The van der Waals surface area contributed by atoms with Crippen molar-refractivity contribution in [2.24, 2.45) is 0 Å². The summed E-state index contributed by atoms with van der Waals surface area (Å²) in [5, 5.41) is 0. The Morgan fingerprint density at radius 3 is 2.19 bits per heavy atom. The second-order valence-corrected chi connectivity index (χ2v) is 8.55. The maximum atomic E-state index is 12.8. The largest absolute Gasteiger partial charge is 0.339 e. The molecule has 1 aliphatic heterocycles. The van der Waals surface area contributed by atoms with Gasteiger partial charge in [0.25, 0.3) is 5.91 Å². The minimum absolute atomic E-state index is 0.104. The fourth-order valence-electron chi connectivity index (χ4n) is 4.72. The second-order valence-electron chi connectivity index (χ2n) is 8.55. The molecule has 1 amide bonds. The van der Waals surface area contributed by atoms with Gasteiger partial charge in [-0.2, -0.15) is 0 Å². The smallest absolute Gasteiger partial charge is 0.253 e. The monoisotopic (exact) mass is 419 g/mol. The molecule has 2 aromatic rings. The first-order valence-electron chi connectivity index (χ1n) is 11.5. The molecular weight excluding hydrogens is 382 g/mol. The standard InChI is InChI=1S/C27H37N3O/c1-6-18-29-19-22(5)30(20-21(29)4)26(23-12-10-9-11-13-23)24-14-16-25(17-15-24)27(31)28(7-2)8-3/h6,9-17,21-22,26H,1,7-8,18-20H2,2-5H3/t21-,22+,26?/m1/s1. The third-order valence-electron chi connectivity index (χ3n) is 6.50. The molecule has 0 saturated carbocycles. The zero-order valence-electron chi connectivity index (χ0n) is 19.5. The lowest BCUT2D eigenvalue weighted by Crippen LogP contribution is -2.57. The van der Waals surface area contributed by atoms with E-state index in [4.69, 9.17) is 0 Å². The Morgan fingerprint density at radius 2 is 1.61 bits per heavy atom. The fraction of sp³-hybridized carbons (Fsp3) is 0.444. The molecule has 1 heterocycles. The van der Waals surface area contributed by atoms with Gasteiger partial charge in [0.15, 0.2) is 0 Å². The van der Waals surface area contributed by atoms with E-state index in [-0.39, 0.29) is 11.9 Å². The maximum absolute atomic E-state index is 12.8. The van der Waals surface area contributed by atoms with E-state index in [0.717, 1.165) is 38.3 Å². The summed E-state index contributed by atoms with van der Waals surface area (Å²) in [5.41, 5.74) is 3.29. The first kappa shape index (κ1) is 23.2. The van der Waals surface area contributed by atoms with Crippen LogP contribution in [0.25, 0.3) is 0 Å². The highest BCUT2D eigenvalue weighted by molar-refractivity contribution is 5.94. The van der Waals surface area contributed by atoms with Gasteiger partial charge < -0.3 is 4.90 Å². The summed E-state index contributed by atoms with van der Waals surface area (Å²) < 4.78 is 0. The zero-order chi connectivity index (χ0) is 22.4. The first-order chi connectivity index (χ1) is 15.0. The van der Waals surface area contributed by atoms with Gasteiger partial charge in [-0.25, -0.2) is 0 Å². The van der Waals surface area contributed by atoms with Crippen molar-refractivity contribution in [2.75, 3.05) is 32.7 Å². The summed E-state index contributed by atoms with van der Waals surface area (Å²) >= 11 is 0. The topological polar surface area (TPSA) is 26.8 Å². The Labute approximate surface area is 188 Å². The highest BCUT2D eigenvalue weighted by Crippen LogP contribution is 2.33. The molecule has 1 saturated heterocycles. The quantitative estimate of drug-likeness (QED) is 0.573.